The van der Waals surface area contributed by atoms with Crippen molar-refractivity contribution in [3.05, 3.63) is 102 Å². The molecule has 0 aliphatic carbocycles. The SMILES string of the molecule is CC.CN(C)c1ccc(NC(=O)c2cccc(-c3nc4ccc(NC(=O)c5ccc(N(C)C)cc5)cc4[nH]3)c2)cc1. The van der Waals surface area contributed by atoms with Crippen molar-refractivity contribution < 1.29 is 9.59 Å². The fraction of sp³-hybridized carbons (Fsp3) is 0.182. The topological polar surface area (TPSA) is 93.4 Å². The third kappa shape index (κ3) is 6.91. The van der Waals surface area contributed by atoms with Gasteiger partial charge in [-0.3, -0.25) is 9.59 Å². The van der Waals surface area contributed by atoms with Gasteiger partial charge in [0.05, 0.1) is 11.0 Å². The number of nitrogens with zero attached hydrogens (tertiary/aromatic N) is 3. The van der Waals surface area contributed by atoms with Gasteiger partial charge in [-0.25, -0.2) is 4.98 Å². The fourth-order valence-corrected chi connectivity index (χ4v) is 4.19. The lowest BCUT2D eigenvalue weighted by molar-refractivity contribution is 0.101. The second kappa shape index (κ2) is 12.8. The van der Waals surface area contributed by atoms with Gasteiger partial charge in [-0.05, 0) is 78.9 Å². The molecule has 3 N–H and O–H groups in total. The molecule has 0 saturated heterocycles. The van der Waals surface area contributed by atoms with Gasteiger partial charge in [0, 0.05) is 67.6 Å². The van der Waals surface area contributed by atoms with E-state index in [9.17, 15) is 9.59 Å². The number of fused-ring (bicyclic) bond motifs is 1. The lowest BCUT2D eigenvalue weighted by Crippen LogP contribution is -2.13. The minimum absolute atomic E-state index is 0.186. The van der Waals surface area contributed by atoms with Crippen molar-refractivity contribution in [2.45, 2.75) is 13.8 Å². The lowest BCUT2D eigenvalue weighted by Gasteiger charge is -2.13. The van der Waals surface area contributed by atoms with Crippen molar-refractivity contribution in [2.75, 3.05) is 48.6 Å². The van der Waals surface area contributed by atoms with Crippen molar-refractivity contribution >= 4 is 45.6 Å². The summed E-state index contributed by atoms with van der Waals surface area (Å²) in [6.07, 6.45) is 0. The first-order valence-corrected chi connectivity index (χ1v) is 13.5. The molecule has 4 aromatic carbocycles. The molecule has 8 nitrogen and oxygen atoms in total. The Hall–Kier alpha value is -5.11. The van der Waals surface area contributed by atoms with Gasteiger partial charge in [0.1, 0.15) is 5.82 Å². The molecular formula is C33H36N6O2. The van der Waals surface area contributed by atoms with Crippen molar-refractivity contribution in [1.82, 2.24) is 9.97 Å². The molecule has 0 fully saturated rings. The number of nitrogens with one attached hydrogen (secondary N) is 3. The zero-order chi connectivity index (χ0) is 29.5. The number of aromatic nitrogens is 2. The predicted octanol–water partition coefficient (Wildman–Crippen LogP) is 6.89. The van der Waals surface area contributed by atoms with E-state index in [4.69, 9.17) is 0 Å². The monoisotopic (exact) mass is 548 g/mol. The Morgan fingerprint density at radius 3 is 1.85 bits per heavy atom. The molecule has 210 valence electrons. The Kier molecular flexibility index (Phi) is 9.04. The summed E-state index contributed by atoms with van der Waals surface area (Å²) >= 11 is 0. The molecule has 5 aromatic rings. The molecule has 0 unspecified atom stereocenters. The number of anilines is 4. The maximum absolute atomic E-state index is 12.9. The number of aromatic amines is 1. The first-order valence-electron chi connectivity index (χ1n) is 13.5. The third-order valence-electron chi connectivity index (χ3n) is 6.43. The normalized spacial score (nSPS) is 10.4. The summed E-state index contributed by atoms with van der Waals surface area (Å²) in [7, 11) is 7.86. The van der Waals surface area contributed by atoms with Crippen LogP contribution in [0, 0.1) is 0 Å². The minimum atomic E-state index is -0.200. The van der Waals surface area contributed by atoms with E-state index in [-0.39, 0.29) is 11.8 Å². The first kappa shape index (κ1) is 28.9. The van der Waals surface area contributed by atoms with E-state index in [2.05, 4.69) is 20.6 Å². The highest BCUT2D eigenvalue weighted by Crippen LogP contribution is 2.25. The van der Waals surface area contributed by atoms with E-state index >= 15 is 0 Å². The van der Waals surface area contributed by atoms with Gasteiger partial charge in [0.25, 0.3) is 11.8 Å². The van der Waals surface area contributed by atoms with Crippen molar-refractivity contribution in [3.63, 3.8) is 0 Å². The van der Waals surface area contributed by atoms with E-state index in [1.807, 2.05) is 119 Å². The van der Waals surface area contributed by atoms with Crippen LogP contribution in [0.15, 0.2) is 91.0 Å². The standard InChI is InChI=1S/C31H30N6O2.C2H6/c1-36(2)25-13-8-20(9-14-25)30(38)33-24-12-17-27-28(19-24)35-29(34-27)21-6-5-7-22(18-21)31(39)32-23-10-15-26(16-11-23)37(3)4;1-2/h5-19H,1-4H3,(H,32,39)(H,33,38)(H,34,35);1-2H3. The van der Waals surface area contributed by atoms with Crippen LogP contribution in [-0.2, 0) is 0 Å². The quantitative estimate of drug-likeness (QED) is 0.206. The van der Waals surface area contributed by atoms with Crippen LogP contribution in [-0.4, -0.2) is 50.0 Å². The van der Waals surface area contributed by atoms with E-state index in [0.717, 1.165) is 33.7 Å². The van der Waals surface area contributed by atoms with Crippen molar-refractivity contribution in [2.24, 2.45) is 0 Å². The minimum Gasteiger partial charge on any atom is -0.378 e. The maximum atomic E-state index is 12.9. The van der Waals surface area contributed by atoms with Crippen LogP contribution in [0.3, 0.4) is 0 Å². The lowest BCUT2D eigenvalue weighted by atomic mass is 10.1. The Morgan fingerprint density at radius 1 is 0.659 bits per heavy atom. The average Bonchev–Trinajstić information content (AvgIpc) is 3.42. The van der Waals surface area contributed by atoms with Crippen LogP contribution in [0.1, 0.15) is 34.6 Å². The van der Waals surface area contributed by atoms with Crippen molar-refractivity contribution in [1.29, 1.82) is 0 Å². The number of imidazole rings is 1. The van der Waals surface area contributed by atoms with E-state index in [1.165, 1.54) is 0 Å². The Bertz CT molecular complexity index is 1640. The van der Waals surface area contributed by atoms with Crippen LogP contribution in [0.25, 0.3) is 22.4 Å². The van der Waals surface area contributed by atoms with E-state index in [0.29, 0.717) is 22.6 Å². The zero-order valence-electron chi connectivity index (χ0n) is 24.3. The molecule has 1 aromatic heterocycles. The highest BCUT2D eigenvalue weighted by Gasteiger charge is 2.12. The number of H-pyrrole nitrogens is 1. The number of benzene rings is 4. The van der Waals surface area contributed by atoms with Gasteiger partial charge in [0.15, 0.2) is 0 Å². The Balaban J connectivity index is 0.00000189. The Morgan fingerprint density at radius 2 is 1.22 bits per heavy atom. The molecule has 0 saturated carbocycles. The molecule has 41 heavy (non-hydrogen) atoms. The first-order chi connectivity index (χ1) is 19.8. The molecular weight excluding hydrogens is 512 g/mol. The summed E-state index contributed by atoms with van der Waals surface area (Å²) in [5.41, 5.74) is 6.90. The smallest absolute Gasteiger partial charge is 0.255 e. The molecule has 0 aliphatic rings. The molecule has 1 heterocycles. The van der Waals surface area contributed by atoms with Gasteiger partial charge < -0.3 is 25.4 Å². The van der Waals surface area contributed by atoms with Gasteiger partial charge >= 0.3 is 0 Å². The summed E-state index contributed by atoms with van der Waals surface area (Å²) in [4.78, 5) is 37.6. The summed E-state index contributed by atoms with van der Waals surface area (Å²) < 4.78 is 0. The third-order valence-corrected chi connectivity index (χ3v) is 6.43. The maximum Gasteiger partial charge on any atom is 0.255 e. The second-order valence-corrected chi connectivity index (χ2v) is 9.69. The van der Waals surface area contributed by atoms with Crippen LogP contribution in [0.4, 0.5) is 22.7 Å². The summed E-state index contributed by atoms with van der Waals surface area (Å²) in [5.74, 6) is 0.251. The van der Waals surface area contributed by atoms with Crippen LogP contribution < -0.4 is 20.4 Å². The number of rotatable bonds is 7. The van der Waals surface area contributed by atoms with Crippen LogP contribution >= 0.6 is 0 Å². The van der Waals surface area contributed by atoms with Gasteiger partial charge in [0.2, 0.25) is 0 Å². The molecule has 0 spiro atoms. The number of amides is 2. The second-order valence-electron chi connectivity index (χ2n) is 9.69. The molecule has 2 amide bonds. The van der Waals surface area contributed by atoms with E-state index in [1.54, 1.807) is 24.3 Å². The van der Waals surface area contributed by atoms with Gasteiger partial charge in [-0.15, -0.1) is 0 Å². The molecule has 0 radical (unpaired) electrons. The van der Waals surface area contributed by atoms with Crippen LogP contribution in [0.5, 0.6) is 0 Å². The van der Waals surface area contributed by atoms with Crippen LogP contribution in [0.2, 0.25) is 0 Å². The molecule has 8 heteroatoms. The molecule has 0 atom stereocenters. The number of carbonyl (C=O) groups excluding carboxylic acids is 2. The zero-order valence-corrected chi connectivity index (χ0v) is 24.3. The summed E-state index contributed by atoms with van der Waals surface area (Å²) in [6.45, 7) is 4.00. The van der Waals surface area contributed by atoms with Gasteiger partial charge in [-0.1, -0.05) is 26.0 Å². The molecule has 0 aliphatic heterocycles. The molecule has 0 bridgehead atoms. The number of hydrogen-bond donors (Lipinski definition) is 3. The predicted molar refractivity (Wildman–Crippen MR) is 170 cm³/mol. The van der Waals surface area contributed by atoms with Gasteiger partial charge in [-0.2, -0.15) is 0 Å². The number of hydrogen-bond acceptors (Lipinski definition) is 5. The fourth-order valence-electron chi connectivity index (χ4n) is 4.19. The summed E-state index contributed by atoms with van der Waals surface area (Å²) in [6, 6.07) is 28.0. The highest BCUT2D eigenvalue weighted by molar-refractivity contribution is 6.06. The highest BCUT2D eigenvalue weighted by atomic mass is 16.2. The Labute approximate surface area is 241 Å². The summed E-state index contributed by atoms with van der Waals surface area (Å²) in [5, 5.41) is 5.90. The average molecular weight is 549 g/mol. The largest absolute Gasteiger partial charge is 0.378 e. The molecule has 5 rings (SSSR count). The number of carbonyl (C=O) groups is 2. The van der Waals surface area contributed by atoms with Crippen molar-refractivity contribution in [3.8, 4) is 11.4 Å². The van der Waals surface area contributed by atoms with E-state index < -0.39 is 0 Å².